The summed E-state index contributed by atoms with van der Waals surface area (Å²) in [6.45, 7) is 1.34. The molecule has 4 rings (SSSR count). The molecule has 32 heavy (non-hydrogen) atoms. The van der Waals surface area contributed by atoms with E-state index in [1.54, 1.807) is 30.3 Å². The van der Waals surface area contributed by atoms with Gasteiger partial charge in [-0.25, -0.2) is 4.79 Å². The topological polar surface area (TPSA) is 110 Å². The number of ketones is 2. The molecule has 0 saturated carbocycles. The van der Waals surface area contributed by atoms with Crippen LogP contribution in [0.3, 0.4) is 0 Å². The number of rotatable bonds is 4. The maximum atomic E-state index is 13.0. The first-order valence-electron chi connectivity index (χ1n) is 9.59. The predicted octanol–water partition coefficient (Wildman–Crippen LogP) is 4.01. The lowest BCUT2D eigenvalue weighted by Crippen LogP contribution is -2.31. The summed E-state index contributed by atoms with van der Waals surface area (Å²) in [5.74, 6) is -2.70. The molecule has 3 aromatic carbocycles. The minimum atomic E-state index is -1.27. The molecule has 0 radical (unpaired) electrons. The van der Waals surface area contributed by atoms with E-state index in [1.807, 2.05) is 0 Å². The van der Waals surface area contributed by atoms with Gasteiger partial charge in [0.2, 0.25) is 0 Å². The number of phenols is 1. The standard InChI is InChI=1S/C24H16ClNO6/c1-12(32-24(31)17-11-13(25)9-10-19(17)27)23(30)26-18-8-4-7-16-20(18)22(29)15-6-3-2-5-14(15)21(16)28/h2-12,27H,1H3,(H,26,30). The van der Waals surface area contributed by atoms with Crippen molar-refractivity contribution >= 4 is 40.7 Å². The molecule has 1 unspecified atom stereocenters. The van der Waals surface area contributed by atoms with Crippen molar-refractivity contribution in [3.8, 4) is 5.75 Å². The number of anilines is 1. The lowest BCUT2D eigenvalue weighted by Gasteiger charge is -2.21. The van der Waals surface area contributed by atoms with E-state index in [0.717, 1.165) is 0 Å². The molecule has 1 aliphatic carbocycles. The van der Waals surface area contributed by atoms with Crippen LogP contribution in [0.25, 0.3) is 0 Å². The quantitative estimate of drug-likeness (QED) is 0.455. The first-order chi connectivity index (χ1) is 15.3. The van der Waals surface area contributed by atoms with Crippen LogP contribution in [0.2, 0.25) is 5.02 Å². The summed E-state index contributed by atoms with van der Waals surface area (Å²) in [4.78, 5) is 50.9. The van der Waals surface area contributed by atoms with Crippen LogP contribution in [-0.2, 0) is 9.53 Å². The van der Waals surface area contributed by atoms with Crippen molar-refractivity contribution in [2.45, 2.75) is 13.0 Å². The second kappa shape index (κ2) is 8.28. The number of amides is 1. The number of fused-ring (bicyclic) bond motifs is 2. The summed E-state index contributed by atoms with van der Waals surface area (Å²) in [7, 11) is 0. The van der Waals surface area contributed by atoms with Crippen molar-refractivity contribution < 1.29 is 29.0 Å². The number of benzene rings is 3. The molecule has 0 heterocycles. The third-order valence-corrected chi connectivity index (χ3v) is 5.28. The van der Waals surface area contributed by atoms with Crippen LogP contribution in [0.1, 0.15) is 49.1 Å². The molecule has 1 amide bonds. The Labute approximate surface area is 187 Å². The van der Waals surface area contributed by atoms with Crippen LogP contribution in [-0.4, -0.2) is 34.7 Å². The number of hydrogen-bond donors (Lipinski definition) is 2. The number of hydrogen-bond acceptors (Lipinski definition) is 6. The predicted molar refractivity (Wildman–Crippen MR) is 116 cm³/mol. The Morgan fingerprint density at radius 2 is 1.59 bits per heavy atom. The highest BCUT2D eigenvalue weighted by Gasteiger charge is 2.32. The fourth-order valence-corrected chi connectivity index (χ4v) is 3.60. The molecular weight excluding hydrogens is 434 g/mol. The lowest BCUT2D eigenvalue weighted by molar-refractivity contribution is -0.123. The van der Waals surface area contributed by atoms with Crippen LogP contribution < -0.4 is 5.32 Å². The SMILES string of the molecule is CC(OC(=O)c1cc(Cl)ccc1O)C(=O)Nc1cccc2c1C(=O)c1ccccc1C2=O. The fraction of sp³-hybridized carbons (Fsp3) is 0.0833. The summed E-state index contributed by atoms with van der Waals surface area (Å²) in [5, 5.41) is 12.6. The van der Waals surface area contributed by atoms with Gasteiger partial charge in [0.25, 0.3) is 5.91 Å². The van der Waals surface area contributed by atoms with E-state index in [0.29, 0.717) is 5.56 Å². The van der Waals surface area contributed by atoms with Gasteiger partial charge in [-0.1, -0.05) is 48.0 Å². The molecule has 3 aromatic rings. The van der Waals surface area contributed by atoms with Crippen LogP contribution in [0.5, 0.6) is 5.75 Å². The van der Waals surface area contributed by atoms with Gasteiger partial charge in [0.1, 0.15) is 11.3 Å². The zero-order valence-electron chi connectivity index (χ0n) is 16.7. The van der Waals surface area contributed by atoms with Gasteiger partial charge in [-0.2, -0.15) is 0 Å². The molecule has 7 nitrogen and oxygen atoms in total. The third kappa shape index (κ3) is 3.74. The third-order valence-electron chi connectivity index (χ3n) is 5.04. The molecule has 8 heteroatoms. The number of carbonyl (C=O) groups excluding carboxylic acids is 4. The lowest BCUT2D eigenvalue weighted by atomic mass is 9.83. The molecule has 1 atom stereocenters. The van der Waals surface area contributed by atoms with Crippen molar-refractivity contribution in [3.05, 3.63) is 93.5 Å². The van der Waals surface area contributed by atoms with Gasteiger partial charge in [0, 0.05) is 21.7 Å². The minimum absolute atomic E-state index is 0.0792. The van der Waals surface area contributed by atoms with E-state index in [2.05, 4.69) is 5.32 Å². The van der Waals surface area contributed by atoms with E-state index >= 15 is 0 Å². The molecule has 1 aliphatic rings. The highest BCUT2D eigenvalue weighted by Crippen LogP contribution is 2.32. The number of aromatic hydroxyl groups is 1. The van der Waals surface area contributed by atoms with Crippen molar-refractivity contribution in [3.63, 3.8) is 0 Å². The second-order valence-electron chi connectivity index (χ2n) is 7.13. The van der Waals surface area contributed by atoms with E-state index in [9.17, 15) is 24.3 Å². The normalized spacial score (nSPS) is 13.1. The highest BCUT2D eigenvalue weighted by molar-refractivity contribution is 6.31. The van der Waals surface area contributed by atoms with Crippen molar-refractivity contribution in [2.24, 2.45) is 0 Å². The molecule has 2 N–H and O–H groups in total. The Balaban J connectivity index is 1.57. The maximum Gasteiger partial charge on any atom is 0.342 e. The smallest absolute Gasteiger partial charge is 0.342 e. The fourth-order valence-electron chi connectivity index (χ4n) is 3.43. The Hall–Kier alpha value is -3.97. The number of halogens is 1. The number of nitrogens with one attached hydrogen (secondary N) is 1. The Kier molecular flexibility index (Phi) is 5.50. The number of ether oxygens (including phenoxy) is 1. The van der Waals surface area contributed by atoms with Gasteiger partial charge in [0.15, 0.2) is 17.7 Å². The van der Waals surface area contributed by atoms with Crippen LogP contribution in [0.15, 0.2) is 60.7 Å². The summed E-state index contributed by atoms with van der Waals surface area (Å²) in [6, 6.07) is 14.9. The van der Waals surface area contributed by atoms with Gasteiger partial charge in [-0.05, 0) is 31.2 Å². The summed E-state index contributed by atoms with van der Waals surface area (Å²) >= 11 is 5.84. The zero-order chi connectivity index (χ0) is 23.0. The van der Waals surface area contributed by atoms with E-state index in [-0.39, 0.29) is 50.3 Å². The van der Waals surface area contributed by atoms with Crippen LogP contribution in [0.4, 0.5) is 5.69 Å². The Morgan fingerprint density at radius 3 is 2.31 bits per heavy atom. The van der Waals surface area contributed by atoms with Gasteiger partial charge in [-0.15, -0.1) is 0 Å². The molecule has 0 spiro atoms. The highest BCUT2D eigenvalue weighted by atomic mass is 35.5. The van der Waals surface area contributed by atoms with E-state index in [4.69, 9.17) is 16.3 Å². The molecule has 0 saturated heterocycles. The zero-order valence-corrected chi connectivity index (χ0v) is 17.5. The second-order valence-corrected chi connectivity index (χ2v) is 7.57. The molecule has 0 aromatic heterocycles. The van der Waals surface area contributed by atoms with Crippen LogP contribution >= 0.6 is 11.6 Å². The average Bonchev–Trinajstić information content (AvgIpc) is 2.78. The molecule has 0 fully saturated rings. The maximum absolute atomic E-state index is 13.0. The Bertz CT molecular complexity index is 1300. The first-order valence-corrected chi connectivity index (χ1v) is 9.97. The van der Waals surface area contributed by atoms with E-state index < -0.39 is 18.0 Å². The van der Waals surface area contributed by atoms with E-state index in [1.165, 1.54) is 37.3 Å². The molecule has 0 aliphatic heterocycles. The number of phenolic OH excluding ortho intramolecular Hbond substituents is 1. The van der Waals surface area contributed by atoms with Gasteiger partial charge in [0.05, 0.1) is 11.3 Å². The summed E-state index contributed by atoms with van der Waals surface area (Å²) < 4.78 is 5.13. The van der Waals surface area contributed by atoms with Gasteiger partial charge < -0.3 is 15.2 Å². The first kappa shape index (κ1) is 21.3. The molecular formula is C24H16ClNO6. The van der Waals surface area contributed by atoms with Crippen molar-refractivity contribution in [2.75, 3.05) is 5.32 Å². The Morgan fingerprint density at radius 1 is 0.938 bits per heavy atom. The number of carbonyl (C=O) groups is 4. The summed E-state index contributed by atoms with van der Waals surface area (Å²) in [6.07, 6.45) is -1.27. The van der Waals surface area contributed by atoms with Gasteiger partial charge >= 0.3 is 5.97 Å². The minimum Gasteiger partial charge on any atom is -0.507 e. The largest absolute Gasteiger partial charge is 0.507 e. The summed E-state index contributed by atoms with van der Waals surface area (Å²) in [5.41, 5.74) is 0.760. The van der Waals surface area contributed by atoms with Crippen molar-refractivity contribution in [1.82, 2.24) is 0 Å². The van der Waals surface area contributed by atoms with Crippen LogP contribution in [0, 0.1) is 0 Å². The average molecular weight is 450 g/mol. The number of esters is 1. The monoisotopic (exact) mass is 449 g/mol. The van der Waals surface area contributed by atoms with Crippen molar-refractivity contribution in [1.29, 1.82) is 0 Å². The molecule has 0 bridgehead atoms. The molecule has 160 valence electrons. The van der Waals surface area contributed by atoms with Gasteiger partial charge in [-0.3, -0.25) is 14.4 Å².